The molecule has 4 nitrogen and oxygen atoms in total. The summed E-state index contributed by atoms with van der Waals surface area (Å²) in [4.78, 5) is 0. The minimum absolute atomic E-state index is 0.322. The van der Waals surface area contributed by atoms with E-state index in [2.05, 4.69) is 10.6 Å². The van der Waals surface area contributed by atoms with E-state index in [1.54, 1.807) is 12.1 Å². The molecule has 1 aliphatic rings. The fourth-order valence-corrected chi connectivity index (χ4v) is 5.05. The van der Waals surface area contributed by atoms with Crippen molar-refractivity contribution < 1.29 is 12.8 Å². The van der Waals surface area contributed by atoms with Crippen molar-refractivity contribution in [1.29, 1.82) is 0 Å². The SMILES string of the molecule is Cc1c(C2=CCN(S(C)(=O)=O)CC2)c2ccccc2n1Cc1c(F)cccc1Cl. The third kappa shape index (κ3) is 3.72. The molecule has 3 aromatic rings. The van der Waals surface area contributed by atoms with Gasteiger partial charge in [-0.25, -0.2) is 12.8 Å². The third-order valence-electron chi connectivity index (χ3n) is 5.57. The van der Waals surface area contributed by atoms with Gasteiger partial charge >= 0.3 is 0 Å². The van der Waals surface area contributed by atoms with Gasteiger partial charge < -0.3 is 4.57 Å². The van der Waals surface area contributed by atoms with Crippen molar-refractivity contribution >= 4 is 38.1 Å². The predicted octanol–water partition coefficient (Wildman–Crippen LogP) is 4.84. The van der Waals surface area contributed by atoms with Crippen LogP contribution in [0.25, 0.3) is 16.5 Å². The van der Waals surface area contributed by atoms with Crippen molar-refractivity contribution in [1.82, 2.24) is 8.87 Å². The van der Waals surface area contributed by atoms with Crippen molar-refractivity contribution in [2.24, 2.45) is 0 Å². The molecule has 0 saturated carbocycles. The minimum Gasteiger partial charge on any atom is -0.340 e. The van der Waals surface area contributed by atoms with E-state index in [-0.39, 0.29) is 5.82 Å². The monoisotopic (exact) mass is 432 g/mol. The Balaban J connectivity index is 1.81. The molecule has 0 fully saturated rings. The van der Waals surface area contributed by atoms with Crippen LogP contribution in [-0.2, 0) is 16.6 Å². The Kier molecular flexibility index (Phi) is 5.27. The maximum Gasteiger partial charge on any atom is 0.211 e. The smallest absolute Gasteiger partial charge is 0.211 e. The lowest BCUT2D eigenvalue weighted by molar-refractivity contribution is 0.446. The summed E-state index contributed by atoms with van der Waals surface area (Å²) in [6, 6.07) is 12.8. The molecule has 0 N–H and O–H groups in total. The van der Waals surface area contributed by atoms with Crippen molar-refractivity contribution in [2.45, 2.75) is 19.9 Å². The number of sulfonamides is 1. The lowest BCUT2D eigenvalue weighted by Crippen LogP contribution is -2.33. The fourth-order valence-electron chi connectivity index (χ4n) is 4.06. The number of aromatic nitrogens is 1. The molecule has 4 rings (SSSR count). The van der Waals surface area contributed by atoms with E-state index in [1.807, 2.05) is 31.2 Å². The predicted molar refractivity (Wildman–Crippen MR) is 116 cm³/mol. The second-order valence-electron chi connectivity index (χ2n) is 7.36. The molecule has 2 heterocycles. The van der Waals surface area contributed by atoms with Gasteiger partial charge in [-0.05, 0) is 37.1 Å². The van der Waals surface area contributed by atoms with Crippen LogP contribution in [0.1, 0.15) is 23.2 Å². The maximum absolute atomic E-state index is 14.4. The summed E-state index contributed by atoms with van der Waals surface area (Å²) >= 11 is 6.27. The molecule has 0 unspecified atom stereocenters. The molecule has 0 atom stereocenters. The van der Waals surface area contributed by atoms with Gasteiger partial charge in [0.25, 0.3) is 0 Å². The summed E-state index contributed by atoms with van der Waals surface area (Å²) in [6.07, 6.45) is 3.86. The molecule has 0 radical (unpaired) electrons. The van der Waals surface area contributed by atoms with Crippen LogP contribution in [0, 0.1) is 12.7 Å². The van der Waals surface area contributed by atoms with Crippen molar-refractivity contribution in [2.75, 3.05) is 19.3 Å². The molecular formula is C22H22ClFN2O2S. The molecule has 1 aromatic heterocycles. The van der Waals surface area contributed by atoms with Crippen LogP contribution in [0.3, 0.4) is 0 Å². The highest BCUT2D eigenvalue weighted by molar-refractivity contribution is 7.88. The lowest BCUT2D eigenvalue weighted by Gasteiger charge is -2.24. The summed E-state index contributed by atoms with van der Waals surface area (Å²) in [5, 5.41) is 1.49. The highest BCUT2D eigenvalue weighted by atomic mass is 35.5. The van der Waals surface area contributed by atoms with Gasteiger partial charge in [0.1, 0.15) is 5.82 Å². The first-order chi connectivity index (χ1) is 13.8. The zero-order valence-electron chi connectivity index (χ0n) is 16.3. The normalized spacial score (nSPS) is 15.7. The van der Waals surface area contributed by atoms with E-state index in [9.17, 15) is 12.8 Å². The second-order valence-corrected chi connectivity index (χ2v) is 9.75. The Labute approximate surface area is 175 Å². The number of hydrogen-bond acceptors (Lipinski definition) is 2. The van der Waals surface area contributed by atoms with Gasteiger partial charge in [-0.3, -0.25) is 0 Å². The largest absolute Gasteiger partial charge is 0.340 e. The van der Waals surface area contributed by atoms with Crippen LogP contribution in [0.5, 0.6) is 0 Å². The Hall–Kier alpha value is -2.15. The summed E-state index contributed by atoms with van der Waals surface area (Å²) in [5.41, 5.74) is 4.71. The third-order valence-corrected chi connectivity index (χ3v) is 7.19. The van der Waals surface area contributed by atoms with Gasteiger partial charge in [-0.15, -0.1) is 0 Å². The van der Waals surface area contributed by atoms with Crippen LogP contribution in [0.2, 0.25) is 5.02 Å². The standard InChI is InChI=1S/C22H22ClFN2O2S/c1-15-22(16-10-12-25(13-11-16)29(2,27)28)17-6-3-4-9-21(17)26(15)14-18-19(23)7-5-8-20(18)24/h3-10H,11-14H2,1-2H3. The summed E-state index contributed by atoms with van der Waals surface area (Å²) in [5.74, 6) is -0.322. The van der Waals surface area contributed by atoms with Gasteiger partial charge in [0.2, 0.25) is 10.0 Å². The number of fused-ring (bicyclic) bond motifs is 1. The van der Waals surface area contributed by atoms with Crippen LogP contribution in [0.4, 0.5) is 4.39 Å². The molecule has 29 heavy (non-hydrogen) atoms. The van der Waals surface area contributed by atoms with Crippen LogP contribution in [-0.4, -0.2) is 36.6 Å². The molecule has 7 heteroatoms. The summed E-state index contributed by atoms with van der Waals surface area (Å²) in [6.45, 7) is 3.18. The average Bonchev–Trinajstić information content (AvgIpc) is 2.96. The number of nitrogens with zero attached hydrogens (tertiary/aromatic N) is 2. The Morgan fingerprint density at radius 2 is 1.90 bits per heavy atom. The molecule has 1 aliphatic heterocycles. The molecule has 0 aliphatic carbocycles. The molecule has 152 valence electrons. The minimum atomic E-state index is -3.20. The van der Waals surface area contributed by atoms with E-state index in [4.69, 9.17) is 11.6 Å². The first kappa shape index (κ1) is 20.1. The van der Waals surface area contributed by atoms with Crippen LogP contribution in [0.15, 0.2) is 48.5 Å². The van der Waals surface area contributed by atoms with Gasteiger partial charge in [0, 0.05) is 45.8 Å². The quantitative estimate of drug-likeness (QED) is 0.592. The van der Waals surface area contributed by atoms with Crippen LogP contribution >= 0.6 is 11.6 Å². The summed E-state index contributed by atoms with van der Waals surface area (Å²) < 4.78 is 41.6. The Bertz CT molecular complexity index is 1210. The first-order valence-corrected chi connectivity index (χ1v) is 11.6. The molecule has 0 bridgehead atoms. The van der Waals surface area contributed by atoms with Crippen LogP contribution < -0.4 is 0 Å². The van der Waals surface area contributed by atoms with E-state index >= 15 is 0 Å². The van der Waals surface area contributed by atoms with Crippen molar-refractivity contribution in [3.63, 3.8) is 0 Å². The van der Waals surface area contributed by atoms with E-state index in [0.717, 1.165) is 27.7 Å². The molecule has 0 saturated heterocycles. The zero-order chi connectivity index (χ0) is 20.8. The highest BCUT2D eigenvalue weighted by Gasteiger charge is 2.24. The number of benzene rings is 2. The van der Waals surface area contributed by atoms with Gasteiger partial charge in [-0.1, -0.05) is 41.9 Å². The molecular weight excluding hydrogens is 411 g/mol. The maximum atomic E-state index is 14.4. The number of halogens is 2. The lowest BCUT2D eigenvalue weighted by atomic mass is 9.97. The van der Waals surface area contributed by atoms with Gasteiger partial charge in [0.15, 0.2) is 0 Å². The van der Waals surface area contributed by atoms with Gasteiger partial charge in [-0.2, -0.15) is 4.31 Å². The van der Waals surface area contributed by atoms with E-state index < -0.39 is 10.0 Å². The Morgan fingerprint density at radius 3 is 2.55 bits per heavy atom. The van der Waals surface area contributed by atoms with Gasteiger partial charge in [0.05, 0.1) is 12.8 Å². The Morgan fingerprint density at radius 1 is 1.14 bits per heavy atom. The topological polar surface area (TPSA) is 42.3 Å². The highest BCUT2D eigenvalue weighted by Crippen LogP contribution is 2.35. The van der Waals surface area contributed by atoms with E-state index in [0.29, 0.717) is 36.6 Å². The number of para-hydroxylation sites is 1. The number of hydrogen-bond donors (Lipinski definition) is 0. The van der Waals surface area contributed by atoms with E-state index in [1.165, 1.54) is 16.6 Å². The fraction of sp³-hybridized carbons (Fsp3) is 0.273. The molecule has 0 amide bonds. The second kappa shape index (κ2) is 7.59. The van der Waals surface area contributed by atoms with Crippen molar-refractivity contribution in [3.05, 3.63) is 76.2 Å². The molecule has 2 aromatic carbocycles. The first-order valence-electron chi connectivity index (χ1n) is 9.42. The summed E-state index contributed by atoms with van der Waals surface area (Å²) in [7, 11) is -3.20. The van der Waals surface area contributed by atoms with Crippen molar-refractivity contribution in [3.8, 4) is 0 Å². The molecule has 0 spiro atoms. The zero-order valence-corrected chi connectivity index (χ0v) is 17.9. The number of rotatable bonds is 4. The average molecular weight is 433 g/mol.